The highest BCUT2D eigenvalue weighted by atomic mass is 32.2. The zero-order valence-electron chi connectivity index (χ0n) is 11.2. The van der Waals surface area contributed by atoms with Crippen molar-refractivity contribution in [2.24, 2.45) is 5.92 Å². The number of rotatable bonds is 11. The Labute approximate surface area is 105 Å². The summed E-state index contributed by atoms with van der Waals surface area (Å²) in [5, 5.41) is 2.98. The van der Waals surface area contributed by atoms with Crippen molar-refractivity contribution in [2.45, 2.75) is 27.2 Å². The highest BCUT2D eigenvalue weighted by Crippen LogP contribution is 1.93. The molecule has 0 heterocycles. The van der Waals surface area contributed by atoms with Crippen molar-refractivity contribution in [2.75, 3.05) is 38.6 Å². The van der Waals surface area contributed by atoms with Gasteiger partial charge in [-0.05, 0) is 18.9 Å². The van der Waals surface area contributed by atoms with Gasteiger partial charge in [0.05, 0.1) is 5.75 Å². The van der Waals surface area contributed by atoms with Gasteiger partial charge >= 0.3 is 0 Å². The van der Waals surface area contributed by atoms with Crippen LogP contribution in [-0.2, 0) is 14.8 Å². The maximum Gasteiger partial charge on any atom is 0.212 e. The zero-order chi connectivity index (χ0) is 13.1. The molecule has 0 atom stereocenters. The Hall–Kier alpha value is -0.170. The first kappa shape index (κ1) is 16.8. The predicted octanol–water partition coefficient (Wildman–Crippen LogP) is 0.578. The summed E-state index contributed by atoms with van der Waals surface area (Å²) >= 11 is 0. The van der Waals surface area contributed by atoms with Crippen LogP contribution in [0.1, 0.15) is 27.2 Å². The summed E-state index contributed by atoms with van der Waals surface area (Å²) in [6, 6.07) is 0. The first-order valence-electron chi connectivity index (χ1n) is 6.23. The summed E-state index contributed by atoms with van der Waals surface area (Å²) in [7, 11) is -3.13. The third-order valence-electron chi connectivity index (χ3n) is 2.04. The van der Waals surface area contributed by atoms with E-state index in [4.69, 9.17) is 4.74 Å². The average molecular weight is 266 g/mol. The van der Waals surface area contributed by atoms with Gasteiger partial charge in [-0.1, -0.05) is 20.8 Å². The van der Waals surface area contributed by atoms with Crippen molar-refractivity contribution in [1.82, 2.24) is 10.0 Å². The van der Waals surface area contributed by atoms with Crippen LogP contribution in [0.25, 0.3) is 0 Å². The summed E-state index contributed by atoms with van der Waals surface area (Å²) in [4.78, 5) is 0. The van der Waals surface area contributed by atoms with E-state index in [1.165, 1.54) is 0 Å². The Balaban J connectivity index is 3.46. The van der Waals surface area contributed by atoms with Crippen LogP contribution in [0.5, 0.6) is 0 Å². The minimum Gasteiger partial charge on any atom is -0.381 e. The van der Waals surface area contributed by atoms with E-state index in [9.17, 15) is 8.42 Å². The lowest BCUT2D eigenvalue weighted by Crippen LogP contribution is -2.32. The molecule has 0 radical (unpaired) electrons. The predicted molar refractivity (Wildman–Crippen MR) is 70.6 cm³/mol. The van der Waals surface area contributed by atoms with Crippen molar-refractivity contribution in [3.05, 3.63) is 0 Å². The maximum absolute atomic E-state index is 11.5. The van der Waals surface area contributed by atoms with Gasteiger partial charge in [0.2, 0.25) is 10.0 Å². The van der Waals surface area contributed by atoms with E-state index < -0.39 is 10.0 Å². The molecule has 6 heteroatoms. The van der Waals surface area contributed by atoms with Gasteiger partial charge in [0, 0.05) is 26.3 Å². The molecule has 0 bridgehead atoms. The van der Waals surface area contributed by atoms with Crippen molar-refractivity contribution in [3.8, 4) is 0 Å². The summed E-state index contributed by atoms with van der Waals surface area (Å²) in [6.07, 6.45) is 0.715. The number of sulfonamides is 1. The van der Waals surface area contributed by atoms with Gasteiger partial charge in [-0.15, -0.1) is 0 Å². The van der Waals surface area contributed by atoms with E-state index in [2.05, 4.69) is 23.9 Å². The second kappa shape index (κ2) is 9.82. The number of hydrogen-bond acceptors (Lipinski definition) is 4. The van der Waals surface area contributed by atoms with Crippen LogP contribution in [0.2, 0.25) is 0 Å². The Kier molecular flexibility index (Phi) is 9.72. The Morgan fingerprint density at radius 3 is 2.53 bits per heavy atom. The number of ether oxygens (including phenoxy) is 1. The molecular formula is C11H26N2O3S. The van der Waals surface area contributed by atoms with Crippen molar-refractivity contribution in [1.29, 1.82) is 0 Å². The summed E-state index contributed by atoms with van der Waals surface area (Å²) in [6.45, 7) is 9.20. The summed E-state index contributed by atoms with van der Waals surface area (Å²) in [5.41, 5.74) is 0. The molecule has 2 N–H and O–H groups in total. The van der Waals surface area contributed by atoms with Crippen LogP contribution in [0, 0.1) is 5.92 Å². The van der Waals surface area contributed by atoms with E-state index in [1.54, 1.807) is 0 Å². The fourth-order valence-corrected chi connectivity index (χ4v) is 2.19. The lowest BCUT2D eigenvalue weighted by atomic mass is 10.2. The van der Waals surface area contributed by atoms with Gasteiger partial charge in [0.25, 0.3) is 0 Å². The third-order valence-corrected chi connectivity index (χ3v) is 3.42. The van der Waals surface area contributed by atoms with E-state index in [-0.39, 0.29) is 5.75 Å². The molecule has 0 spiro atoms. The van der Waals surface area contributed by atoms with Crippen molar-refractivity contribution < 1.29 is 13.2 Å². The molecule has 0 saturated carbocycles. The fourth-order valence-electron chi connectivity index (χ4n) is 1.18. The molecule has 0 rings (SSSR count). The average Bonchev–Trinajstić information content (AvgIpc) is 2.23. The molecular weight excluding hydrogens is 240 g/mol. The van der Waals surface area contributed by atoms with Crippen LogP contribution in [0.15, 0.2) is 0 Å². The van der Waals surface area contributed by atoms with Gasteiger partial charge in [-0.3, -0.25) is 0 Å². The van der Waals surface area contributed by atoms with Crippen molar-refractivity contribution >= 4 is 10.0 Å². The zero-order valence-corrected chi connectivity index (χ0v) is 12.0. The van der Waals surface area contributed by atoms with Crippen LogP contribution in [-0.4, -0.2) is 47.0 Å². The summed E-state index contributed by atoms with van der Waals surface area (Å²) in [5.74, 6) is 0.653. The van der Waals surface area contributed by atoms with E-state index in [0.717, 1.165) is 13.2 Å². The smallest absolute Gasteiger partial charge is 0.212 e. The van der Waals surface area contributed by atoms with E-state index in [1.807, 2.05) is 6.92 Å². The molecule has 0 saturated heterocycles. The van der Waals surface area contributed by atoms with E-state index in [0.29, 0.717) is 32.0 Å². The molecule has 0 fully saturated rings. The monoisotopic (exact) mass is 266 g/mol. The lowest BCUT2D eigenvalue weighted by Gasteiger charge is -2.08. The molecule has 0 aliphatic heterocycles. The minimum absolute atomic E-state index is 0.133. The Morgan fingerprint density at radius 1 is 1.24 bits per heavy atom. The summed E-state index contributed by atoms with van der Waals surface area (Å²) < 4.78 is 30.8. The molecule has 0 aliphatic carbocycles. The van der Waals surface area contributed by atoms with E-state index >= 15 is 0 Å². The lowest BCUT2D eigenvalue weighted by molar-refractivity contribution is 0.108. The maximum atomic E-state index is 11.5. The molecule has 0 unspecified atom stereocenters. The molecule has 0 amide bonds. The molecule has 0 aromatic heterocycles. The first-order valence-corrected chi connectivity index (χ1v) is 7.89. The third kappa shape index (κ3) is 12.1. The molecule has 0 aromatic rings. The van der Waals surface area contributed by atoms with Gasteiger partial charge in [0.1, 0.15) is 0 Å². The highest BCUT2D eigenvalue weighted by molar-refractivity contribution is 7.89. The largest absolute Gasteiger partial charge is 0.381 e. The van der Waals surface area contributed by atoms with Gasteiger partial charge in [-0.2, -0.15) is 0 Å². The standard InChI is InChI=1S/C11H26N2O3S/c1-4-12-7-9-17(14,15)13-6-5-8-16-10-11(2)3/h11-13H,4-10H2,1-3H3. The van der Waals surface area contributed by atoms with Gasteiger partial charge < -0.3 is 10.1 Å². The Bertz CT molecular complexity index is 266. The SMILES string of the molecule is CCNCCS(=O)(=O)NCCCOCC(C)C. The second-order valence-electron chi connectivity index (χ2n) is 4.39. The quantitative estimate of drug-likeness (QED) is 0.537. The highest BCUT2D eigenvalue weighted by Gasteiger charge is 2.07. The molecule has 104 valence electrons. The van der Waals surface area contributed by atoms with Crippen LogP contribution in [0.4, 0.5) is 0 Å². The molecule has 0 aliphatic rings. The number of nitrogens with one attached hydrogen (secondary N) is 2. The van der Waals surface area contributed by atoms with Crippen LogP contribution >= 0.6 is 0 Å². The van der Waals surface area contributed by atoms with Crippen LogP contribution < -0.4 is 10.0 Å². The van der Waals surface area contributed by atoms with Crippen LogP contribution in [0.3, 0.4) is 0 Å². The molecule has 17 heavy (non-hydrogen) atoms. The molecule has 0 aromatic carbocycles. The number of hydrogen-bond donors (Lipinski definition) is 2. The topological polar surface area (TPSA) is 67.4 Å². The van der Waals surface area contributed by atoms with Crippen molar-refractivity contribution in [3.63, 3.8) is 0 Å². The molecule has 5 nitrogen and oxygen atoms in total. The fraction of sp³-hybridized carbons (Fsp3) is 1.00. The Morgan fingerprint density at radius 2 is 1.94 bits per heavy atom. The van der Waals surface area contributed by atoms with Gasteiger partial charge in [0.15, 0.2) is 0 Å². The normalized spacial score (nSPS) is 12.2. The first-order chi connectivity index (χ1) is 7.98. The van der Waals surface area contributed by atoms with Gasteiger partial charge in [-0.25, -0.2) is 13.1 Å². The minimum atomic E-state index is -3.13. The second-order valence-corrected chi connectivity index (χ2v) is 6.32.